The van der Waals surface area contributed by atoms with Crippen LogP contribution in [0.2, 0.25) is 0 Å². The molecule has 0 spiro atoms. The first-order chi connectivity index (χ1) is 13.5. The van der Waals surface area contributed by atoms with E-state index < -0.39 is 0 Å². The van der Waals surface area contributed by atoms with E-state index in [0.717, 1.165) is 16.7 Å². The average molecular weight is 378 g/mol. The number of aromatic nitrogens is 3. The monoisotopic (exact) mass is 378 g/mol. The van der Waals surface area contributed by atoms with E-state index in [1.807, 2.05) is 23.1 Å². The number of carbonyl (C=O) groups excluding carboxylic acids is 2. The zero-order chi connectivity index (χ0) is 19.7. The molecule has 0 atom stereocenters. The zero-order valence-corrected chi connectivity index (χ0v) is 15.8. The van der Waals surface area contributed by atoms with Crippen LogP contribution in [0.3, 0.4) is 0 Å². The van der Waals surface area contributed by atoms with Crippen LogP contribution >= 0.6 is 0 Å². The molecule has 2 amide bonds. The smallest absolute Gasteiger partial charge is 0.276 e. The Morgan fingerprint density at radius 1 is 1.25 bits per heavy atom. The number of hydrogen-bond donors (Lipinski definition) is 3. The molecule has 8 heteroatoms. The summed E-state index contributed by atoms with van der Waals surface area (Å²) in [5.74, 6) is 0.406. The Morgan fingerprint density at radius 3 is 2.89 bits per heavy atom. The molecular formula is C20H22N6O2. The molecule has 0 bridgehead atoms. The number of carbonyl (C=O) groups is 2. The minimum Gasteiger partial charge on any atom is -0.360 e. The van der Waals surface area contributed by atoms with Crippen molar-refractivity contribution < 1.29 is 9.59 Å². The summed E-state index contributed by atoms with van der Waals surface area (Å²) in [4.78, 5) is 37.9. The number of hydrogen-bond acceptors (Lipinski definition) is 5. The van der Waals surface area contributed by atoms with E-state index in [0.29, 0.717) is 25.0 Å². The van der Waals surface area contributed by atoms with Crippen LogP contribution < -0.4 is 15.5 Å². The van der Waals surface area contributed by atoms with Gasteiger partial charge in [0.1, 0.15) is 5.69 Å². The Morgan fingerprint density at radius 2 is 2.11 bits per heavy atom. The van der Waals surface area contributed by atoms with Gasteiger partial charge in [0, 0.05) is 25.0 Å². The van der Waals surface area contributed by atoms with E-state index in [9.17, 15) is 9.59 Å². The molecule has 3 aromatic rings. The van der Waals surface area contributed by atoms with Crippen molar-refractivity contribution in [3.05, 3.63) is 47.8 Å². The summed E-state index contributed by atoms with van der Waals surface area (Å²) in [5.41, 5.74) is 3.94. The number of H-pyrrole nitrogens is 1. The molecule has 144 valence electrons. The van der Waals surface area contributed by atoms with E-state index in [1.54, 1.807) is 18.3 Å². The molecule has 0 unspecified atom stereocenters. The van der Waals surface area contributed by atoms with Crippen LogP contribution in [0.15, 0.2) is 36.5 Å². The molecule has 3 N–H and O–H groups in total. The van der Waals surface area contributed by atoms with Crippen molar-refractivity contribution in [2.45, 2.75) is 19.8 Å². The van der Waals surface area contributed by atoms with Gasteiger partial charge in [-0.15, -0.1) is 0 Å². The van der Waals surface area contributed by atoms with Crippen molar-refractivity contribution in [3.8, 4) is 0 Å². The number of anilines is 2. The third-order valence-electron chi connectivity index (χ3n) is 4.78. The number of fused-ring (bicyclic) bond motifs is 1. The Labute approximate surface area is 162 Å². The third-order valence-corrected chi connectivity index (χ3v) is 4.78. The van der Waals surface area contributed by atoms with Gasteiger partial charge in [-0.1, -0.05) is 19.9 Å². The molecule has 0 saturated carbocycles. The van der Waals surface area contributed by atoms with Crippen molar-refractivity contribution in [2.75, 3.05) is 29.9 Å². The summed E-state index contributed by atoms with van der Waals surface area (Å²) in [5, 5.41) is 5.56. The maximum Gasteiger partial charge on any atom is 0.276 e. The lowest BCUT2D eigenvalue weighted by molar-refractivity contribution is -0.120. The fraction of sp³-hybridized carbons (Fsp3) is 0.300. The predicted octanol–water partition coefficient (Wildman–Crippen LogP) is 2.27. The maximum absolute atomic E-state index is 12.6. The topological polar surface area (TPSA) is 103 Å². The lowest BCUT2D eigenvalue weighted by atomic mass is 10.0. The maximum atomic E-state index is 12.6. The highest BCUT2D eigenvalue weighted by molar-refractivity contribution is 6.03. The van der Waals surface area contributed by atoms with Crippen LogP contribution in [0.25, 0.3) is 11.0 Å². The molecule has 0 radical (unpaired) electrons. The lowest BCUT2D eigenvalue weighted by Crippen LogP contribution is -2.47. The van der Waals surface area contributed by atoms with E-state index in [2.05, 4.69) is 39.4 Å². The SMILES string of the molecule is CC(C)c1ccc2nc(NC(=O)c3cc(N4CCNC(=O)C4)ccn3)[nH]c2c1. The quantitative estimate of drug-likeness (QED) is 0.646. The van der Waals surface area contributed by atoms with Gasteiger partial charge in [-0.3, -0.25) is 19.9 Å². The number of rotatable bonds is 4. The first kappa shape index (κ1) is 18.0. The Kier molecular flexibility index (Phi) is 4.68. The van der Waals surface area contributed by atoms with Crippen LogP contribution in [-0.2, 0) is 4.79 Å². The van der Waals surface area contributed by atoms with Crippen LogP contribution in [-0.4, -0.2) is 46.4 Å². The molecule has 2 aromatic heterocycles. The molecule has 1 aliphatic rings. The Bertz CT molecular complexity index is 1040. The highest BCUT2D eigenvalue weighted by Gasteiger charge is 2.18. The fourth-order valence-corrected chi connectivity index (χ4v) is 3.22. The number of piperazine rings is 1. The third kappa shape index (κ3) is 3.66. The summed E-state index contributed by atoms with van der Waals surface area (Å²) in [6.07, 6.45) is 1.57. The van der Waals surface area contributed by atoms with Crippen LogP contribution in [0.5, 0.6) is 0 Å². The first-order valence-corrected chi connectivity index (χ1v) is 9.28. The molecule has 4 rings (SSSR count). The van der Waals surface area contributed by atoms with Crippen LogP contribution in [0.1, 0.15) is 35.8 Å². The van der Waals surface area contributed by atoms with Gasteiger partial charge < -0.3 is 15.2 Å². The van der Waals surface area contributed by atoms with Gasteiger partial charge in [-0.2, -0.15) is 0 Å². The Hall–Kier alpha value is -3.42. The van der Waals surface area contributed by atoms with Crippen molar-refractivity contribution in [1.82, 2.24) is 20.3 Å². The molecule has 1 saturated heterocycles. The molecule has 8 nitrogen and oxygen atoms in total. The molecular weight excluding hydrogens is 356 g/mol. The van der Waals surface area contributed by atoms with Gasteiger partial charge in [0.2, 0.25) is 11.9 Å². The highest BCUT2D eigenvalue weighted by atomic mass is 16.2. The van der Waals surface area contributed by atoms with E-state index in [-0.39, 0.29) is 24.1 Å². The summed E-state index contributed by atoms with van der Waals surface area (Å²) in [7, 11) is 0. The van der Waals surface area contributed by atoms with Crippen molar-refractivity contribution in [1.29, 1.82) is 0 Å². The van der Waals surface area contributed by atoms with Crippen molar-refractivity contribution in [2.24, 2.45) is 0 Å². The van der Waals surface area contributed by atoms with E-state index >= 15 is 0 Å². The molecule has 0 aliphatic carbocycles. The predicted molar refractivity (Wildman–Crippen MR) is 108 cm³/mol. The number of nitrogens with zero attached hydrogens (tertiary/aromatic N) is 3. The molecule has 1 aliphatic heterocycles. The fourth-order valence-electron chi connectivity index (χ4n) is 3.22. The van der Waals surface area contributed by atoms with Crippen molar-refractivity contribution >= 4 is 34.5 Å². The highest BCUT2D eigenvalue weighted by Crippen LogP contribution is 2.22. The number of nitrogens with one attached hydrogen (secondary N) is 3. The van der Waals surface area contributed by atoms with Gasteiger partial charge in [0.25, 0.3) is 5.91 Å². The van der Waals surface area contributed by atoms with Crippen LogP contribution in [0.4, 0.5) is 11.6 Å². The van der Waals surface area contributed by atoms with Gasteiger partial charge in [-0.25, -0.2) is 4.98 Å². The number of aromatic amines is 1. The summed E-state index contributed by atoms with van der Waals surface area (Å²) < 4.78 is 0. The van der Waals surface area contributed by atoms with Crippen LogP contribution in [0, 0.1) is 0 Å². The molecule has 1 aromatic carbocycles. The summed E-state index contributed by atoms with van der Waals surface area (Å²) in [6, 6.07) is 9.51. The molecule has 1 fully saturated rings. The molecule has 28 heavy (non-hydrogen) atoms. The summed E-state index contributed by atoms with van der Waals surface area (Å²) in [6.45, 7) is 5.81. The molecule has 3 heterocycles. The second kappa shape index (κ2) is 7.30. The van der Waals surface area contributed by atoms with Crippen molar-refractivity contribution in [3.63, 3.8) is 0 Å². The normalized spacial score (nSPS) is 14.4. The second-order valence-corrected chi connectivity index (χ2v) is 7.14. The average Bonchev–Trinajstić information content (AvgIpc) is 3.09. The standard InChI is InChI=1S/C20H22N6O2/c1-12(2)13-3-4-15-16(9-13)24-20(23-15)25-19(28)17-10-14(5-6-21-17)26-8-7-22-18(27)11-26/h3-6,9-10,12H,7-8,11H2,1-2H3,(H,22,27)(H2,23,24,25,28). The second-order valence-electron chi connectivity index (χ2n) is 7.14. The van der Waals surface area contributed by atoms with E-state index in [4.69, 9.17) is 0 Å². The summed E-state index contributed by atoms with van der Waals surface area (Å²) >= 11 is 0. The van der Waals surface area contributed by atoms with Gasteiger partial charge >= 0.3 is 0 Å². The first-order valence-electron chi connectivity index (χ1n) is 9.28. The number of benzene rings is 1. The number of amides is 2. The lowest BCUT2D eigenvalue weighted by Gasteiger charge is -2.28. The van der Waals surface area contributed by atoms with Gasteiger partial charge in [0.15, 0.2) is 0 Å². The minimum absolute atomic E-state index is 0.0305. The van der Waals surface area contributed by atoms with Gasteiger partial charge in [-0.05, 0) is 35.7 Å². The van der Waals surface area contributed by atoms with Gasteiger partial charge in [0.05, 0.1) is 17.6 Å². The number of imidazole rings is 1. The van der Waals surface area contributed by atoms with E-state index in [1.165, 1.54) is 5.56 Å². The minimum atomic E-state index is -0.355. The Balaban J connectivity index is 1.53. The zero-order valence-electron chi connectivity index (χ0n) is 15.8. The largest absolute Gasteiger partial charge is 0.360 e. The number of pyridine rings is 1.